The lowest BCUT2D eigenvalue weighted by Gasteiger charge is -2.14. The van der Waals surface area contributed by atoms with Gasteiger partial charge in [-0.2, -0.15) is 13.7 Å². The van der Waals surface area contributed by atoms with Gasteiger partial charge in [0.2, 0.25) is 0 Å². The van der Waals surface area contributed by atoms with E-state index in [9.17, 15) is 12.8 Å². The van der Waals surface area contributed by atoms with Gasteiger partial charge in [0.15, 0.2) is 11.5 Å². The van der Waals surface area contributed by atoms with Gasteiger partial charge in [0.25, 0.3) is 0 Å². The van der Waals surface area contributed by atoms with E-state index in [0.29, 0.717) is 0 Å². The van der Waals surface area contributed by atoms with Crippen molar-refractivity contribution in [3.8, 4) is 17.6 Å². The van der Waals surface area contributed by atoms with Crippen molar-refractivity contribution in [3.05, 3.63) is 51.7 Å². The summed E-state index contributed by atoms with van der Waals surface area (Å²) in [5, 5.41) is 8.99. The van der Waals surface area contributed by atoms with Gasteiger partial charge in [-0.3, -0.25) is 0 Å². The standard InChI is InChI=1S/C16H13BrFNO4S/c1-3-22-15-8-11(9-19)7-13(17)16(15)23-24(20,21)12-4-5-14(18)10(2)6-12/h4-8H,3H2,1-2H3. The van der Waals surface area contributed by atoms with Crippen molar-refractivity contribution in [1.29, 1.82) is 5.26 Å². The summed E-state index contributed by atoms with van der Waals surface area (Å²) >= 11 is 3.18. The highest BCUT2D eigenvalue weighted by atomic mass is 79.9. The van der Waals surface area contributed by atoms with Gasteiger partial charge in [-0.1, -0.05) is 0 Å². The van der Waals surface area contributed by atoms with E-state index in [4.69, 9.17) is 14.2 Å². The average molecular weight is 414 g/mol. The van der Waals surface area contributed by atoms with Gasteiger partial charge in [-0.25, -0.2) is 4.39 Å². The minimum atomic E-state index is -4.20. The molecule has 2 aromatic carbocycles. The fourth-order valence-electron chi connectivity index (χ4n) is 1.91. The number of hydrogen-bond donors (Lipinski definition) is 0. The van der Waals surface area contributed by atoms with E-state index in [1.54, 1.807) is 6.92 Å². The van der Waals surface area contributed by atoms with Crippen LogP contribution in [0.1, 0.15) is 18.1 Å². The highest BCUT2D eigenvalue weighted by Crippen LogP contribution is 2.38. The Hall–Kier alpha value is -2.11. The molecule has 2 aromatic rings. The number of nitriles is 1. The van der Waals surface area contributed by atoms with Crippen molar-refractivity contribution in [2.24, 2.45) is 0 Å². The maximum atomic E-state index is 13.3. The summed E-state index contributed by atoms with van der Waals surface area (Å²) in [6.45, 7) is 3.43. The second-order valence-corrected chi connectivity index (χ2v) is 7.18. The van der Waals surface area contributed by atoms with Gasteiger partial charge in [0, 0.05) is 6.07 Å². The van der Waals surface area contributed by atoms with Crippen molar-refractivity contribution in [3.63, 3.8) is 0 Å². The summed E-state index contributed by atoms with van der Waals surface area (Å²) in [4.78, 5) is -0.180. The second-order valence-electron chi connectivity index (χ2n) is 4.78. The maximum absolute atomic E-state index is 13.3. The topological polar surface area (TPSA) is 76.4 Å². The minimum Gasteiger partial charge on any atom is -0.490 e. The van der Waals surface area contributed by atoms with E-state index >= 15 is 0 Å². The lowest BCUT2D eigenvalue weighted by molar-refractivity contribution is 0.327. The summed E-state index contributed by atoms with van der Waals surface area (Å²) in [7, 11) is -4.20. The van der Waals surface area contributed by atoms with E-state index in [0.717, 1.165) is 12.1 Å². The number of benzene rings is 2. The maximum Gasteiger partial charge on any atom is 0.339 e. The Morgan fingerprint density at radius 3 is 2.58 bits per heavy atom. The third kappa shape index (κ3) is 3.86. The molecule has 0 aliphatic heterocycles. The summed E-state index contributed by atoms with van der Waals surface area (Å²) < 4.78 is 49.0. The predicted molar refractivity (Wildman–Crippen MR) is 89.0 cm³/mol. The van der Waals surface area contributed by atoms with E-state index in [2.05, 4.69) is 15.9 Å². The zero-order chi connectivity index (χ0) is 17.9. The van der Waals surface area contributed by atoms with Crippen LogP contribution >= 0.6 is 15.9 Å². The molecule has 0 unspecified atom stereocenters. The fraction of sp³-hybridized carbons (Fsp3) is 0.188. The van der Waals surface area contributed by atoms with Crippen LogP contribution in [-0.2, 0) is 10.1 Å². The van der Waals surface area contributed by atoms with E-state index in [1.165, 1.54) is 25.1 Å². The molecule has 0 aromatic heterocycles. The first kappa shape index (κ1) is 18.2. The highest BCUT2D eigenvalue weighted by Gasteiger charge is 2.23. The number of aryl methyl sites for hydroxylation is 1. The average Bonchev–Trinajstić information content (AvgIpc) is 2.53. The van der Waals surface area contributed by atoms with Crippen molar-refractivity contribution < 1.29 is 21.7 Å². The molecule has 8 heteroatoms. The number of halogens is 2. The smallest absolute Gasteiger partial charge is 0.339 e. The molecular weight excluding hydrogens is 401 g/mol. The van der Waals surface area contributed by atoms with Gasteiger partial charge in [-0.15, -0.1) is 0 Å². The Labute approximate surface area is 147 Å². The van der Waals surface area contributed by atoms with E-state index < -0.39 is 15.9 Å². The number of rotatable bonds is 5. The lowest BCUT2D eigenvalue weighted by Crippen LogP contribution is -2.12. The highest BCUT2D eigenvalue weighted by molar-refractivity contribution is 9.10. The molecule has 0 saturated carbocycles. The molecule has 2 rings (SSSR count). The van der Waals surface area contributed by atoms with Crippen LogP contribution < -0.4 is 8.92 Å². The van der Waals surface area contributed by atoms with Gasteiger partial charge in [-0.05, 0) is 59.6 Å². The largest absolute Gasteiger partial charge is 0.490 e. The summed E-state index contributed by atoms with van der Waals surface area (Å²) in [5.74, 6) is -0.466. The molecule has 0 aliphatic rings. The first-order valence-electron chi connectivity index (χ1n) is 6.85. The van der Waals surface area contributed by atoms with Crippen LogP contribution in [0.5, 0.6) is 11.5 Å². The summed E-state index contributed by atoms with van der Waals surface area (Å²) in [6.07, 6.45) is 0. The summed E-state index contributed by atoms with van der Waals surface area (Å²) in [6, 6.07) is 8.11. The molecular formula is C16H13BrFNO4S. The minimum absolute atomic E-state index is 0.0715. The Kier molecular flexibility index (Phi) is 5.47. The molecule has 0 atom stereocenters. The predicted octanol–water partition coefficient (Wildman–Crippen LogP) is 3.93. The zero-order valence-corrected chi connectivity index (χ0v) is 15.2. The fourth-order valence-corrected chi connectivity index (χ4v) is 3.58. The van der Waals surface area contributed by atoms with Crippen LogP contribution in [-0.4, -0.2) is 15.0 Å². The molecule has 126 valence electrons. The van der Waals surface area contributed by atoms with Crippen LogP contribution in [0.15, 0.2) is 39.7 Å². The van der Waals surface area contributed by atoms with Crippen molar-refractivity contribution in [2.45, 2.75) is 18.7 Å². The normalized spacial score (nSPS) is 11.0. The molecule has 0 radical (unpaired) electrons. The second kappa shape index (κ2) is 7.20. The van der Waals surface area contributed by atoms with Crippen molar-refractivity contribution in [2.75, 3.05) is 6.61 Å². The first-order valence-corrected chi connectivity index (χ1v) is 9.05. The molecule has 5 nitrogen and oxygen atoms in total. The van der Waals surface area contributed by atoms with Crippen LogP contribution in [0.3, 0.4) is 0 Å². The Morgan fingerprint density at radius 2 is 2.00 bits per heavy atom. The molecule has 0 spiro atoms. The molecule has 0 N–H and O–H groups in total. The van der Waals surface area contributed by atoms with Crippen LogP contribution in [0.4, 0.5) is 4.39 Å². The number of nitrogens with zero attached hydrogens (tertiary/aromatic N) is 1. The quantitative estimate of drug-likeness (QED) is 0.693. The van der Waals surface area contributed by atoms with Gasteiger partial charge < -0.3 is 8.92 Å². The molecule has 0 aliphatic carbocycles. The monoisotopic (exact) mass is 413 g/mol. The van der Waals surface area contributed by atoms with Gasteiger partial charge in [0.05, 0.1) is 22.7 Å². The number of hydrogen-bond acceptors (Lipinski definition) is 5. The molecule has 24 heavy (non-hydrogen) atoms. The molecule has 0 amide bonds. The lowest BCUT2D eigenvalue weighted by atomic mass is 10.2. The van der Waals surface area contributed by atoms with Gasteiger partial charge >= 0.3 is 10.1 Å². The van der Waals surface area contributed by atoms with Crippen molar-refractivity contribution >= 4 is 26.0 Å². The molecule has 0 heterocycles. The zero-order valence-electron chi connectivity index (χ0n) is 12.8. The SMILES string of the molecule is CCOc1cc(C#N)cc(Br)c1OS(=O)(=O)c1ccc(F)c(C)c1. The summed E-state index contributed by atoms with van der Waals surface area (Å²) in [5.41, 5.74) is 0.469. The van der Waals surface area contributed by atoms with Gasteiger partial charge in [0.1, 0.15) is 10.7 Å². The van der Waals surface area contributed by atoms with E-state index in [-0.39, 0.29) is 38.6 Å². The van der Waals surface area contributed by atoms with Crippen LogP contribution in [0.25, 0.3) is 0 Å². The third-order valence-electron chi connectivity index (χ3n) is 3.05. The Bertz CT molecular complexity index is 922. The molecule has 0 bridgehead atoms. The van der Waals surface area contributed by atoms with Crippen LogP contribution in [0.2, 0.25) is 0 Å². The Morgan fingerprint density at radius 1 is 1.29 bits per heavy atom. The number of ether oxygens (including phenoxy) is 1. The van der Waals surface area contributed by atoms with E-state index in [1.807, 2.05) is 6.07 Å². The first-order chi connectivity index (χ1) is 11.3. The third-order valence-corrected chi connectivity index (χ3v) is 4.86. The molecule has 0 fully saturated rings. The molecule has 0 saturated heterocycles. The van der Waals surface area contributed by atoms with Crippen molar-refractivity contribution in [1.82, 2.24) is 0 Å². The Balaban J connectivity index is 2.49. The van der Waals surface area contributed by atoms with Crippen LogP contribution in [0, 0.1) is 24.1 Å².